The summed E-state index contributed by atoms with van der Waals surface area (Å²) in [6.07, 6.45) is 1.82. The highest BCUT2D eigenvalue weighted by molar-refractivity contribution is 7.91. The fraction of sp³-hybridized carbons (Fsp3) is 0.471. The lowest BCUT2D eigenvalue weighted by molar-refractivity contribution is -0.124. The molecule has 0 aliphatic carbocycles. The molecular formula is C17H21N3O4S. The van der Waals surface area contributed by atoms with Gasteiger partial charge in [-0.25, -0.2) is 13.8 Å². The van der Waals surface area contributed by atoms with Crippen LogP contribution in [0.5, 0.6) is 0 Å². The number of carbonyl (C=O) groups excluding carboxylic acids is 2. The third kappa shape index (κ3) is 4.07. The first-order valence-electron chi connectivity index (χ1n) is 8.31. The van der Waals surface area contributed by atoms with E-state index in [4.69, 9.17) is 0 Å². The summed E-state index contributed by atoms with van der Waals surface area (Å²) >= 11 is 0. The summed E-state index contributed by atoms with van der Waals surface area (Å²) in [7, 11) is -3.09. The third-order valence-corrected chi connectivity index (χ3v) is 6.38. The standard InChI is InChI=1S/C17H21N3O4S/c1-12(18-19-17(22)14-8-10-25(23,24)11-14)13-4-6-15(7-5-13)20-9-2-3-16(20)21/h4-7,14H,2-3,8-11H2,1H3,(H,19,22)/b18-12-/t14-/m1/s1. The van der Waals surface area contributed by atoms with Gasteiger partial charge in [-0.3, -0.25) is 9.59 Å². The van der Waals surface area contributed by atoms with E-state index in [1.165, 1.54) is 0 Å². The molecule has 0 bridgehead atoms. The molecule has 0 saturated carbocycles. The molecule has 2 fully saturated rings. The van der Waals surface area contributed by atoms with Gasteiger partial charge in [-0.05, 0) is 37.5 Å². The van der Waals surface area contributed by atoms with Gasteiger partial charge in [0, 0.05) is 18.7 Å². The molecule has 2 heterocycles. The molecule has 2 aliphatic heterocycles. The van der Waals surface area contributed by atoms with Crippen LogP contribution in [-0.2, 0) is 19.4 Å². The molecule has 8 heteroatoms. The molecule has 0 radical (unpaired) electrons. The number of nitrogens with zero attached hydrogens (tertiary/aromatic N) is 2. The fourth-order valence-electron chi connectivity index (χ4n) is 3.10. The predicted octanol–water partition coefficient (Wildman–Crippen LogP) is 1.09. The van der Waals surface area contributed by atoms with Crippen LogP contribution < -0.4 is 10.3 Å². The van der Waals surface area contributed by atoms with Crippen LogP contribution in [0.25, 0.3) is 0 Å². The van der Waals surface area contributed by atoms with Crippen LogP contribution in [0.15, 0.2) is 29.4 Å². The van der Waals surface area contributed by atoms with Gasteiger partial charge in [0.25, 0.3) is 0 Å². The van der Waals surface area contributed by atoms with Crippen LogP contribution in [0.4, 0.5) is 5.69 Å². The highest BCUT2D eigenvalue weighted by Gasteiger charge is 2.32. The molecule has 0 spiro atoms. The summed E-state index contributed by atoms with van der Waals surface area (Å²) < 4.78 is 22.9. The van der Waals surface area contributed by atoms with Crippen molar-refractivity contribution in [1.29, 1.82) is 0 Å². The molecule has 7 nitrogen and oxygen atoms in total. The minimum Gasteiger partial charge on any atom is -0.312 e. The Morgan fingerprint density at radius 2 is 2.00 bits per heavy atom. The Kier molecular flexibility index (Phi) is 4.89. The maximum Gasteiger partial charge on any atom is 0.244 e. The highest BCUT2D eigenvalue weighted by atomic mass is 32.2. The van der Waals surface area contributed by atoms with E-state index in [1.54, 1.807) is 11.8 Å². The van der Waals surface area contributed by atoms with Crippen LogP contribution >= 0.6 is 0 Å². The molecule has 2 aliphatic rings. The zero-order valence-corrected chi connectivity index (χ0v) is 14.9. The predicted molar refractivity (Wildman–Crippen MR) is 95.1 cm³/mol. The van der Waals surface area contributed by atoms with Gasteiger partial charge in [-0.1, -0.05) is 12.1 Å². The first kappa shape index (κ1) is 17.6. The van der Waals surface area contributed by atoms with Gasteiger partial charge < -0.3 is 4.90 Å². The number of hydrogen-bond acceptors (Lipinski definition) is 5. The Morgan fingerprint density at radius 1 is 1.28 bits per heavy atom. The van der Waals surface area contributed by atoms with Crippen molar-refractivity contribution >= 4 is 33.1 Å². The third-order valence-electron chi connectivity index (χ3n) is 4.61. The second kappa shape index (κ2) is 6.95. The van der Waals surface area contributed by atoms with Crippen LogP contribution in [0.2, 0.25) is 0 Å². The zero-order chi connectivity index (χ0) is 18.0. The molecule has 1 atom stereocenters. The first-order chi connectivity index (χ1) is 11.9. The normalized spacial score (nSPS) is 23.1. The van der Waals surface area contributed by atoms with E-state index in [9.17, 15) is 18.0 Å². The largest absolute Gasteiger partial charge is 0.312 e. The number of benzene rings is 1. The van der Waals surface area contributed by atoms with Gasteiger partial charge in [0.1, 0.15) is 0 Å². The van der Waals surface area contributed by atoms with Crippen molar-refractivity contribution in [3.05, 3.63) is 29.8 Å². The molecular weight excluding hydrogens is 342 g/mol. The van der Waals surface area contributed by atoms with Gasteiger partial charge in [-0.15, -0.1) is 0 Å². The summed E-state index contributed by atoms with van der Waals surface area (Å²) in [5.74, 6) is -0.794. The first-order valence-corrected chi connectivity index (χ1v) is 10.1. The Morgan fingerprint density at radius 3 is 2.56 bits per heavy atom. The molecule has 1 N–H and O–H groups in total. The Balaban J connectivity index is 1.62. The molecule has 0 aromatic heterocycles. The average Bonchev–Trinajstić information content (AvgIpc) is 3.17. The molecule has 1 aromatic rings. The van der Waals surface area contributed by atoms with E-state index in [1.807, 2.05) is 24.3 Å². The SMILES string of the molecule is C/C(=N/NC(=O)[C@@H]1CCS(=O)(=O)C1)c1ccc(N2CCCC2=O)cc1. The van der Waals surface area contributed by atoms with E-state index >= 15 is 0 Å². The molecule has 134 valence electrons. The number of hydrogen-bond donors (Lipinski definition) is 1. The van der Waals surface area contributed by atoms with Crippen LogP contribution in [0, 0.1) is 5.92 Å². The van der Waals surface area contributed by atoms with Gasteiger partial charge in [-0.2, -0.15) is 5.10 Å². The quantitative estimate of drug-likeness (QED) is 0.640. The van der Waals surface area contributed by atoms with Crippen LogP contribution in [0.3, 0.4) is 0 Å². The van der Waals surface area contributed by atoms with Crippen molar-refractivity contribution in [2.75, 3.05) is 23.0 Å². The molecule has 25 heavy (non-hydrogen) atoms. The van der Waals surface area contributed by atoms with E-state index in [0.29, 0.717) is 18.6 Å². The Bertz CT molecular complexity index is 815. The van der Waals surface area contributed by atoms with Gasteiger partial charge in [0.2, 0.25) is 11.8 Å². The number of nitrogens with one attached hydrogen (secondary N) is 1. The smallest absolute Gasteiger partial charge is 0.244 e. The maximum absolute atomic E-state index is 12.0. The number of amides is 2. The maximum atomic E-state index is 12.0. The van der Waals surface area contributed by atoms with Gasteiger partial charge >= 0.3 is 0 Å². The average molecular weight is 363 g/mol. The number of sulfone groups is 1. The molecule has 3 rings (SSSR count). The summed E-state index contributed by atoms with van der Waals surface area (Å²) in [6, 6.07) is 7.43. The Labute approximate surface area is 147 Å². The molecule has 2 amide bonds. The summed E-state index contributed by atoms with van der Waals surface area (Å²) in [6.45, 7) is 2.51. The van der Waals surface area contributed by atoms with Crippen LogP contribution in [0.1, 0.15) is 31.7 Å². The van der Waals surface area contributed by atoms with Crippen molar-refractivity contribution in [3.63, 3.8) is 0 Å². The molecule has 2 saturated heterocycles. The van der Waals surface area contributed by atoms with E-state index < -0.39 is 15.8 Å². The van der Waals surface area contributed by atoms with Crippen molar-refractivity contribution in [1.82, 2.24) is 5.43 Å². The zero-order valence-electron chi connectivity index (χ0n) is 14.1. The fourth-order valence-corrected chi connectivity index (χ4v) is 4.84. The van der Waals surface area contributed by atoms with E-state index in [0.717, 1.165) is 24.2 Å². The van der Waals surface area contributed by atoms with Gasteiger partial charge in [0.15, 0.2) is 9.84 Å². The minimum atomic E-state index is -3.09. The van der Waals surface area contributed by atoms with Crippen LogP contribution in [-0.4, -0.2) is 44.0 Å². The molecule has 0 unspecified atom stereocenters. The summed E-state index contributed by atoms with van der Waals surface area (Å²) in [4.78, 5) is 25.5. The lowest BCUT2D eigenvalue weighted by Crippen LogP contribution is -2.28. The van der Waals surface area contributed by atoms with Crippen molar-refractivity contribution in [2.24, 2.45) is 11.0 Å². The lowest BCUT2D eigenvalue weighted by Gasteiger charge is -2.15. The monoisotopic (exact) mass is 363 g/mol. The molecule has 1 aromatic carbocycles. The van der Waals surface area contributed by atoms with Gasteiger partial charge in [0.05, 0.1) is 23.1 Å². The van der Waals surface area contributed by atoms with Crippen molar-refractivity contribution in [2.45, 2.75) is 26.2 Å². The highest BCUT2D eigenvalue weighted by Crippen LogP contribution is 2.22. The number of rotatable bonds is 4. The number of anilines is 1. The second-order valence-electron chi connectivity index (χ2n) is 6.47. The number of carbonyl (C=O) groups is 2. The summed E-state index contributed by atoms with van der Waals surface area (Å²) in [5.41, 5.74) is 4.77. The van der Waals surface area contributed by atoms with E-state index in [2.05, 4.69) is 10.5 Å². The Hall–Kier alpha value is -2.22. The number of hydrazone groups is 1. The topological polar surface area (TPSA) is 95.9 Å². The second-order valence-corrected chi connectivity index (χ2v) is 8.70. The van der Waals surface area contributed by atoms with Crippen molar-refractivity contribution in [3.8, 4) is 0 Å². The van der Waals surface area contributed by atoms with Crippen molar-refractivity contribution < 1.29 is 18.0 Å². The lowest BCUT2D eigenvalue weighted by atomic mass is 10.1. The summed E-state index contributed by atoms with van der Waals surface area (Å²) in [5, 5.41) is 4.07. The van der Waals surface area contributed by atoms with E-state index in [-0.39, 0.29) is 23.3 Å². The minimum absolute atomic E-state index is 0.0600.